The number of rotatable bonds is 2. The van der Waals surface area contributed by atoms with Crippen molar-refractivity contribution >= 4 is 15.9 Å². The van der Waals surface area contributed by atoms with Gasteiger partial charge in [-0.25, -0.2) is 0 Å². The summed E-state index contributed by atoms with van der Waals surface area (Å²) in [7, 11) is 1.60. The lowest BCUT2D eigenvalue weighted by molar-refractivity contribution is 0.272. The van der Waals surface area contributed by atoms with E-state index in [9.17, 15) is 0 Å². The number of methoxy groups -OCH3 is 1. The zero-order valence-corrected chi connectivity index (χ0v) is 8.68. The van der Waals surface area contributed by atoms with Gasteiger partial charge < -0.3 is 9.84 Å². The van der Waals surface area contributed by atoms with E-state index < -0.39 is 0 Å². The second-order valence-corrected chi connectivity index (χ2v) is 3.39. The standard InChI is InChI=1S/C9H11BrO2/c1-6-3-4-8(10)9(12-2)7(6)5-11/h3-4,11H,5H2,1-2H3. The van der Waals surface area contributed by atoms with Gasteiger partial charge in [-0.3, -0.25) is 0 Å². The number of aliphatic hydroxyl groups excluding tert-OH is 1. The van der Waals surface area contributed by atoms with E-state index in [2.05, 4.69) is 15.9 Å². The number of aryl methyl sites for hydroxylation is 1. The van der Waals surface area contributed by atoms with Crippen LogP contribution in [0.15, 0.2) is 16.6 Å². The summed E-state index contributed by atoms with van der Waals surface area (Å²) in [6.07, 6.45) is 0. The summed E-state index contributed by atoms with van der Waals surface area (Å²) in [6.45, 7) is 1.95. The molecule has 0 fully saturated rings. The van der Waals surface area contributed by atoms with E-state index in [-0.39, 0.29) is 6.61 Å². The van der Waals surface area contributed by atoms with E-state index in [1.54, 1.807) is 7.11 Å². The van der Waals surface area contributed by atoms with Crippen molar-refractivity contribution in [2.75, 3.05) is 7.11 Å². The Labute approximate surface area is 80.3 Å². The van der Waals surface area contributed by atoms with Crippen LogP contribution < -0.4 is 4.74 Å². The molecule has 1 N–H and O–H groups in total. The molecular weight excluding hydrogens is 220 g/mol. The molecule has 0 saturated carbocycles. The third kappa shape index (κ3) is 1.62. The first-order chi connectivity index (χ1) is 5.70. The van der Waals surface area contributed by atoms with E-state index in [4.69, 9.17) is 9.84 Å². The lowest BCUT2D eigenvalue weighted by atomic mass is 10.1. The average Bonchev–Trinajstić information content (AvgIpc) is 2.08. The minimum absolute atomic E-state index is 0.00838. The predicted molar refractivity (Wildman–Crippen MR) is 51.4 cm³/mol. The third-order valence-electron chi connectivity index (χ3n) is 1.81. The van der Waals surface area contributed by atoms with Gasteiger partial charge in [0, 0.05) is 5.56 Å². The maximum atomic E-state index is 9.05. The minimum Gasteiger partial charge on any atom is -0.495 e. The summed E-state index contributed by atoms with van der Waals surface area (Å²) >= 11 is 3.35. The van der Waals surface area contributed by atoms with Crippen LogP contribution in [0.2, 0.25) is 0 Å². The van der Waals surface area contributed by atoms with Gasteiger partial charge in [-0.05, 0) is 34.5 Å². The molecule has 0 aliphatic rings. The molecule has 0 spiro atoms. The van der Waals surface area contributed by atoms with E-state index in [1.165, 1.54) is 0 Å². The van der Waals surface area contributed by atoms with Gasteiger partial charge in [0.05, 0.1) is 18.2 Å². The molecule has 0 heterocycles. The maximum absolute atomic E-state index is 9.05. The Balaban J connectivity index is 3.28. The highest BCUT2D eigenvalue weighted by Crippen LogP contribution is 2.30. The molecule has 3 heteroatoms. The van der Waals surface area contributed by atoms with Crippen molar-refractivity contribution in [3.8, 4) is 5.75 Å². The molecule has 66 valence electrons. The van der Waals surface area contributed by atoms with Gasteiger partial charge in [0.2, 0.25) is 0 Å². The van der Waals surface area contributed by atoms with Crippen molar-refractivity contribution < 1.29 is 9.84 Å². The fraction of sp³-hybridized carbons (Fsp3) is 0.333. The molecule has 0 aliphatic carbocycles. The molecule has 0 unspecified atom stereocenters. The first kappa shape index (κ1) is 9.55. The van der Waals surface area contributed by atoms with Crippen molar-refractivity contribution in [1.29, 1.82) is 0 Å². The summed E-state index contributed by atoms with van der Waals surface area (Å²) in [5, 5.41) is 9.05. The summed E-state index contributed by atoms with van der Waals surface area (Å²) in [5.41, 5.74) is 1.88. The van der Waals surface area contributed by atoms with Crippen LogP contribution in [0.5, 0.6) is 5.75 Å². The van der Waals surface area contributed by atoms with Crippen LogP contribution in [0.25, 0.3) is 0 Å². The Hall–Kier alpha value is -0.540. The number of ether oxygens (including phenoxy) is 1. The molecule has 0 radical (unpaired) electrons. The second-order valence-electron chi connectivity index (χ2n) is 2.53. The number of benzene rings is 1. The van der Waals surface area contributed by atoms with Crippen LogP contribution in [-0.2, 0) is 6.61 Å². The van der Waals surface area contributed by atoms with E-state index in [1.807, 2.05) is 19.1 Å². The van der Waals surface area contributed by atoms with E-state index in [0.717, 1.165) is 21.3 Å². The fourth-order valence-electron chi connectivity index (χ4n) is 1.11. The smallest absolute Gasteiger partial charge is 0.138 e. The van der Waals surface area contributed by atoms with Gasteiger partial charge in [0.15, 0.2) is 0 Å². The topological polar surface area (TPSA) is 29.5 Å². The molecule has 0 saturated heterocycles. The van der Waals surface area contributed by atoms with Gasteiger partial charge in [-0.1, -0.05) is 6.07 Å². The molecule has 0 aliphatic heterocycles. The van der Waals surface area contributed by atoms with Crippen molar-refractivity contribution in [2.45, 2.75) is 13.5 Å². The first-order valence-electron chi connectivity index (χ1n) is 3.63. The summed E-state index contributed by atoms with van der Waals surface area (Å²) in [5.74, 6) is 0.720. The van der Waals surface area contributed by atoms with Gasteiger partial charge in [-0.2, -0.15) is 0 Å². The lowest BCUT2D eigenvalue weighted by Crippen LogP contribution is -1.95. The minimum atomic E-state index is 0.00838. The molecule has 12 heavy (non-hydrogen) atoms. The van der Waals surface area contributed by atoms with E-state index >= 15 is 0 Å². The Morgan fingerprint density at radius 2 is 2.17 bits per heavy atom. The third-order valence-corrected chi connectivity index (χ3v) is 2.43. The molecule has 1 aromatic carbocycles. The Bertz CT molecular complexity index is 255. The lowest BCUT2D eigenvalue weighted by Gasteiger charge is -2.10. The summed E-state index contributed by atoms with van der Waals surface area (Å²) in [4.78, 5) is 0. The Morgan fingerprint density at radius 3 is 2.58 bits per heavy atom. The normalized spacial score (nSPS) is 10.0. The Kier molecular flexibility index (Phi) is 3.12. The molecular formula is C9H11BrO2. The zero-order valence-electron chi connectivity index (χ0n) is 7.10. The molecule has 0 atom stereocenters. The molecule has 2 nitrogen and oxygen atoms in total. The van der Waals surface area contributed by atoms with E-state index in [0.29, 0.717) is 0 Å². The number of hydrogen-bond acceptors (Lipinski definition) is 2. The number of halogens is 1. The highest BCUT2D eigenvalue weighted by atomic mass is 79.9. The largest absolute Gasteiger partial charge is 0.495 e. The van der Waals surface area contributed by atoms with Crippen LogP contribution in [0.1, 0.15) is 11.1 Å². The molecule has 0 aromatic heterocycles. The molecule has 1 aromatic rings. The van der Waals surface area contributed by atoms with Crippen molar-refractivity contribution in [3.63, 3.8) is 0 Å². The zero-order chi connectivity index (χ0) is 9.14. The van der Waals surface area contributed by atoms with Crippen molar-refractivity contribution in [3.05, 3.63) is 27.7 Å². The fourth-order valence-corrected chi connectivity index (χ4v) is 1.65. The predicted octanol–water partition coefficient (Wildman–Crippen LogP) is 2.26. The first-order valence-corrected chi connectivity index (χ1v) is 4.42. The van der Waals surface area contributed by atoms with Gasteiger partial charge in [0.25, 0.3) is 0 Å². The SMILES string of the molecule is COc1c(Br)ccc(C)c1CO. The average molecular weight is 231 g/mol. The van der Waals surface area contributed by atoms with Gasteiger partial charge >= 0.3 is 0 Å². The number of hydrogen-bond donors (Lipinski definition) is 1. The van der Waals surface area contributed by atoms with Crippen molar-refractivity contribution in [1.82, 2.24) is 0 Å². The van der Waals surface area contributed by atoms with Crippen molar-refractivity contribution in [2.24, 2.45) is 0 Å². The van der Waals surface area contributed by atoms with Crippen LogP contribution >= 0.6 is 15.9 Å². The van der Waals surface area contributed by atoms with Crippen LogP contribution in [0.3, 0.4) is 0 Å². The highest BCUT2D eigenvalue weighted by Gasteiger charge is 2.08. The molecule has 0 bridgehead atoms. The Morgan fingerprint density at radius 1 is 1.50 bits per heavy atom. The maximum Gasteiger partial charge on any atom is 0.138 e. The highest BCUT2D eigenvalue weighted by molar-refractivity contribution is 9.10. The molecule has 1 rings (SSSR count). The second kappa shape index (κ2) is 3.92. The van der Waals surface area contributed by atoms with Crippen LogP contribution in [0, 0.1) is 6.92 Å². The van der Waals surface area contributed by atoms with Gasteiger partial charge in [-0.15, -0.1) is 0 Å². The molecule has 0 amide bonds. The number of aliphatic hydroxyl groups is 1. The van der Waals surface area contributed by atoms with Gasteiger partial charge in [0.1, 0.15) is 5.75 Å². The summed E-state index contributed by atoms with van der Waals surface area (Å²) < 4.78 is 6.02. The quantitative estimate of drug-likeness (QED) is 0.845. The van der Waals surface area contributed by atoms with Crippen LogP contribution in [-0.4, -0.2) is 12.2 Å². The summed E-state index contributed by atoms with van der Waals surface area (Å²) in [6, 6.07) is 3.85. The monoisotopic (exact) mass is 230 g/mol. The van der Waals surface area contributed by atoms with Crippen LogP contribution in [0.4, 0.5) is 0 Å².